The molecule has 0 aliphatic heterocycles. The number of aryl methyl sites for hydroxylation is 1. The molecule has 31 heavy (non-hydrogen) atoms. The lowest BCUT2D eigenvalue weighted by molar-refractivity contribution is -0.120. The maximum atomic E-state index is 12.4. The number of hydrazone groups is 1. The van der Waals surface area contributed by atoms with E-state index >= 15 is 0 Å². The van der Waals surface area contributed by atoms with Crippen molar-refractivity contribution in [1.82, 2.24) is 9.99 Å². The fourth-order valence-corrected chi connectivity index (χ4v) is 4.33. The van der Waals surface area contributed by atoms with Crippen molar-refractivity contribution in [3.63, 3.8) is 0 Å². The smallest absolute Gasteiger partial charge is 0.244 e. The quantitative estimate of drug-likeness (QED) is 0.298. The van der Waals surface area contributed by atoms with Crippen LogP contribution >= 0.6 is 0 Å². The molecular weight excluding hydrogens is 382 g/mol. The first-order chi connectivity index (χ1) is 15.2. The third kappa shape index (κ3) is 3.57. The largest absolute Gasteiger partial charge is 0.341 e. The summed E-state index contributed by atoms with van der Waals surface area (Å²) >= 11 is 0. The Labute approximate surface area is 180 Å². The second kappa shape index (κ2) is 8.07. The third-order valence-electron chi connectivity index (χ3n) is 5.75. The Balaban J connectivity index is 1.35. The zero-order valence-corrected chi connectivity index (χ0v) is 17.4. The lowest BCUT2D eigenvalue weighted by Crippen LogP contribution is -2.19. The van der Waals surface area contributed by atoms with Crippen LogP contribution in [0.2, 0.25) is 0 Å². The van der Waals surface area contributed by atoms with Gasteiger partial charge in [-0.15, -0.1) is 0 Å². The van der Waals surface area contributed by atoms with Gasteiger partial charge in [0.2, 0.25) is 5.91 Å². The summed E-state index contributed by atoms with van der Waals surface area (Å²) in [5, 5.41) is 8.86. The monoisotopic (exact) mass is 405 g/mol. The van der Waals surface area contributed by atoms with Crippen LogP contribution in [0.25, 0.3) is 32.6 Å². The van der Waals surface area contributed by atoms with E-state index in [-0.39, 0.29) is 5.91 Å². The van der Waals surface area contributed by atoms with Crippen LogP contribution in [0.15, 0.2) is 90.0 Å². The average Bonchev–Trinajstić information content (AvgIpc) is 3.12. The van der Waals surface area contributed by atoms with Crippen molar-refractivity contribution in [2.45, 2.75) is 19.9 Å². The van der Waals surface area contributed by atoms with Gasteiger partial charge in [-0.3, -0.25) is 4.79 Å². The highest BCUT2D eigenvalue weighted by Crippen LogP contribution is 2.29. The number of carbonyl (C=O) groups is 1. The van der Waals surface area contributed by atoms with Crippen molar-refractivity contribution in [2.24, 2.45) is 5.10 Å². The highest BCUT2D eigenvalue weighted by Gasteiger charge is 2.09. The predicted molar refractivity (Wildman–Crippen MR) is 129 cm³/mol. The maximum absolute atomic E-state index is 12.4. The van der Waals surface area contributed by atoms with Gasteiger partial charge in [0.15, 0.2) is 0 Å². The van der Waals surface area contributed by atoms with Crippen molar-refractivity contribution >= 4 is 44.7 Å². The number of hydrogen-bond donors (Lipinski definition) is 1. The molecule has 0 spiro atoms. The van der Waals surface area contributed by atoms with Crippen molar-refractivity contribution in [3.8, 4) is 0 Å². The predicted octanol–water partition coefficient (Wildman–Crippen LogP) is 5.66. The minimum atomic E-state index is -0.128. The normalized spacial score (nSPS) is 11.6. The molecule has 0 radical (unpaired) electrons. The Morgan fingerprint density at radius 2 is 1.61 bits per heavy atom. The topological polar surface area (TPSA) is 46.4 Å². The van der Waals surface area contributed by atoms with Crippen molar-refractivity contribution in [2.75, 3.05) is 0 Å². The molecule has 0 saturated carbocycles. The number of aromatic nitrogens is 1. The summed E-state index contributed by atoms with van der Waals surface area (Å²) in [7, 11) is 0. The van der Waals surface area contributed by atoms with Crippen LogP contribution in [0.4, 0.5) is 0 Å². The highest BCUT2D eigenvalue weighted by atomic mass is 16.2. The fourth-order valence-electron chi connectivity index (χ4n) is 4.33. The Morgan fingerprint density at radius 3 is 2.48 bits per heavy atom. The Kier molecular flexibility index (Phi) is 4.97. The summed E-state index contributed by atoms with van der Waals surface area (Å²) in [6.45, 7) is 3.08. The molecule has 5 rings (SSSR count). The molecule has 0 unspecified atom stereocenters. The first-order valence-electron chi connectivity index (χ1n) is 10.5. The molecule has 0 atom stereocenters. The van der Waals surface area contributed by atoms with Crippen LogP contribution in [0.3, 0.4) is 0 Å². The molecule has 0 aliphatic rings. The summed E-state index contributed by atoms with van der Waals surface area (Å²) in [5.41, 5.74) is 7.07. The van der Waals surface area contributed by atoms with E-state index in [1.54, 1.807) is 6.21 Å². The van der Waals surface area contributed by atoms with Gasteiger partial charge < -0.3 is 4.57 Å². The Hall–Kier alpha value is -3.92. The number of benzene rings is 4. The van der Waals surface area contributed by atoms with E-state index in [4.69, 9.17) is 0 Å². The molecular formula is C27H23N3O. The number of carbonyl (C=O) groups excluding carboxylic acids is 1. The van der Waals surface area contributed by atoms with Gasteiger partial charge in [0.1, 0.15) is 0 Å². The van der Waals surface area contributed by atoms with Crippen molar-refractivity contribution < 1.29 is 4.79 Å². The molecule has 4 aromatic carbocycles. The van der Waals surface area contributed by atoms with Gasteiger partial charge in [0, 0.05) is 28.4 Å². The lowest BCUT2D eigenvalue weighted by atomic mass is 10.0. The Bertz CT molecular complexity index is 1440. The van der Waals surface area contributed by atoms with Gasteiger partial charge in [-0.25, -0.2) is 5.43 Å². The van der Waals surface area contributed by atoms with Crippen molar-refractivity contribution in [1.29, 1.82) is 0 Å². The highest BCUT2D eigenvalue weighted by molar-refractivity contribution is 6.09. The van der Waals surface area contributed by atoms with Crippen LogP contribution < -0.4 is 5.43 Å². The molecule has 1 heterocycles. The van der Waals surface area contributed by atoms with Gasteiger partial charge in [-0.1, -0.05) is 66.7 Å². The maximum Gasteiger partial charge on any atom is 0.244 e. The van der Waals surface area contributed by atoms with E-state index in [0.29, 0.717) is 6.42 Å². The van der Waals surface area contributed by atoms with Crippen LogP contribution in [0, 0.1) is 0 Å². The van der Waals surface area contributed by atoms with E-state index in [2.05, 4.69) is 70.5 Å². The standard InChI is InChI=1S/C27H23N3O/c1-2-30-25-13-6-5-12-23(25)24-16-19(14-15-26(24)30)18-28-29-27(31)17-21-10-7-9-20-8-3-4-11-22(20)21/h3-16,18H,2,17H2,1H3,(H,29,31). The number of hydrogen-bond acceptors (Lipinski definition) is 2. The first-order valence-corrected chi connectivity index (χ1v) is 10.5. The third-order valence-corrected chi connectivity index (χ3v) is 5.75. The van der Waals surface area contributed by atoms with Crippen LogP contribution in [-0.4, -0.2) is 16.7 Å². The number of amides is 1. The van der Waals surface area contributed by atoms with Crippen LogP contribution in [0.5, 0.6) is 0 Å². The molecule has 0 aliphatic carbocycles. The van der Waals surface area contributed by atoms with Gasteiger partial charge in [-0.05, 0) is 47.0 Å². The number of nitrogens with zero attached hydrogens (tertiary/aromatic N) is 2. The molecule has 1 aromatic heterocycles. The SMILES string of the molecule is CCn1c2ccccc2c2cc(C=NNC(=O)Cc3cccc4ccccc34)ccc21. The molecule has 0 saturated heterocycles. The second-order valence-electron chi connectivity index (χ2n) is 7.65. The first kappa shape index (κ1) is 19.1. The molecule has 0 bridgehead atoms. The second-order valence-corrected chi connectivity index (χ2v) is 7.65. The average molecular weight is 406 g/mol. The zero-order valence-electron chi connectivity index (χ0n) is 17.4. The molecule has 1 N–H and O–H groups in total. The molecule has 5 aromatic rings. The Morgan fingerprint density at radius 1 is 0.871 bits per heavy atom. The van der Waals surface area contributed by atoms with Gasteiger partial charge in [0.05, 0.1) is 12.6 Å². The molecule has 1 amide bonds. The molecule has 0 fully saturated rings. The lowest BCUT2D eigenvalue weighted by Gasteiger charge is -2.05. The molecule has 4 heteroatoms. The van der Waals surface area contributed by atoms with E-state index < -0.39 is 0 Å². The van der Waals surface area contributed by atoms with E-state index in [9.17, 15) is 4.79 Å². The minimum absolute atomic E-state index is 0.128. The summed E-state index contributed by atoms with van der Waals surface area (Å²) in [6.07, 6.45) is 2.00. The van der Waals surface area contributed by atoms with Gasteiger partial charge in [-0.2, -0.15) is 5.10 Å². The summed E-state index contributed by atoms with van der Waals surface area (Å²) in [6, 6.07) is 28.9. The molecule has 152 valence electrons. The van der Waals surface area contributed by atoms with Crippen LogP contribution in [0.1, 0.15) is 18.1 Å². The number of para-hydroxylation sites is 1. The fraction of sp³-hybridized carbons (Fsp3) is 0.111. The van der Waals surface area contributed by atoms with Crippen molar-refractivity contribution in [3.05, 3.63) is 96.1 Å². The van der Waals surface area contributed by atoms with E-state index in [1.165, 1.54) is 21.8 Å². The summed E-state index contributed by atoms with van der Waals surface area (Å²) < 4.78 is 2.32. The zero-order chi connectivity index (χ0) is 21.2. The minimum Gasteiger partial charge on any atom is -0.341 e. The number of fused-ring (bicyclic) bond motifs is 4. The van der Waals surface area contributed by atoms with Crippen LogP contribution in [-0.2, 0) is 17.8 Å². The summed E-state index contributed by atoms with van der Waals surface area (Å²) in [5.74, 6) is -0.128. The number of rotatable bonds is 5. The van der Waals surface area contributed by atoms with Gasteiger partial charge in [0.25, 0.3) is 0 Å². The van der Waals surface area contributed by atoms with Gasteiger partial charge >= 0.3 is 0 Å². The number of nitrogens with one attached hydrogen (secondary N) is 1. The van der Waals surface area contributed by atoms with E-state index in [1.807, 2.05) is 36.4 Å². The molecule has 4 nitrogen and oxygen atoms in total. The summed E-state index contributed by atoms with van der Waals surface area (Å²) in [4.78, 5) is 12.4. The van der Waals surface area contributed by atoms with E-state index in [0.717, 1.165) is 28.4 Å².